The molecule has 0 radical (unpaired) electrons. The maximum absolute atomic E-state index is 13.1. The molecule has 1 aliphatic heterocycles. The second-order valence-corrected chi connectivity index (χ2v) is 8.81. The van der Waals surface area contributed by atoms with E-state index in [1.165, 1.54) is 0 Å². The van der Waals surface area contributed by atoms with E-state index in [-0.39, 0.29) is 11.8 Å². The molecule has 2 fully saturated rings. The fourth-order valence-electron chi connectivity index (χ4n) is 4.54. The van der Waals surface area contributed by atoms with Crippen molar-refractivity contribution in [1.82, 2.24) is 20.0 Å². The van der Waals surface area contributed by atoms with Crippen molar-refractivity contribution in [3.05, 3.63) is 54.2 Å². The van der Waals surface area contributed by atoms with Crippen molar-refractivity contribution in [2.45, 2.75) is 26.2 Å². The molecule has 160 valence electrons. The third kappa shape index (κ3) is 4.07. The minimum atomic E-state index is 0.0602. The van der Waals surface area contributed by atoms with E-state index < -0.39 is 0 Å². The summed E-state index contributed by atoms with van der Waals surface area (Å²) in [6.07, 6.45) is 4.89. The predicted octanol–water partition coefficient (Wildman–Crippen LogP) is 3.95. The van der Waals surface area contributed by atoms with Crippen LogP contribution in [-0.4, -0.2) is 58.0 Å². The second-order valence-electron chi connectivity index (χ2n) is 8.81. The van der Waals surface area contributed by atoms with Gasteiger partial charge in [-0.05, 0) is 61.4 Å². The Hall–Kier alpha value is -3.15. The average Bonchev–Trinajstić information content (AvgIpc) is 3.37. The molecule has 2 aliphatic rings. The summed E-state index contributed by atoms with van der Waals surface area (Å²) in [5, 5.41) is 8.16. The maximum atomic E-state index is 13.1. The molecule has 5 rings (SSSR count). The van der Waals surface area contributed by atoms with Crippen molar-refractivity contribution < 1.29 is 9.59 Å². The number of hydrogen-bond acceptors (Lipinski definition) is 3. The minimum absolute atomic E-state index is 0.0602. The molecule has 1 saturated carbocycles. The van der Waals surface area contributed by atoms with Crippen LogP contribution in [0.5, 0.6) is 0 Å². The zero-order valence-corrected chi connectivity index (χ0v) is 17.9. The van der Waals surface area contributed by atoms with E-state index in [1.54, 1.807) is 0 Å². The molecule has 6 nitrogen and oxygen atoms in total. The molecule has 1 saturated heterocycles. The molecular weight excluding hydrogens is 388 g/mol. The lowest BCUT2D eigenvalue weighted by Crippen LogP contribution is -2.37. The molecule has 1 aliphatic carbocycles. The van der Waals surface area contributed by atoms with Crippen LogP contribution in [0, 0.1) is 11.8 Å². The number of fused-ring (bicyclic) bond motifs is 1. The average molecular weight is 417 g/mol. The van der Waals surface area contributed by atoms with Crippen LogP contribution >= 0.6 is 0 Å². The Bertz CT molecular complexity index is 1100. The fourth-order valence-corrected chi connectivity index (χ4v) is 4.54. The van der Waals surface area contributed by atoms with Crippen LogP contribution in [0.15, 0.2) is 48.7 Å². The van der Waals surface area contributed by atoms with Gasteiger partial charge in [-0.1, -0.05) is 24.3 Å². The van der Waals surface area contributed by atoms with Crippen LogP contribution in [-0.2, 0) is 4.79 Å². The Kier molecular flexibility index (Phi) is 5.22. The summed E-state index contributed by atoms with van der Waals surface area (Å²) in [6, 6.07) is 14.0. The van der Waals surface area contributed by atoms with E-state index in [0.717, 1.165) is 54.4 Å². The zero-order valence-electron chi connectivity index (χ0n) is 17.9. The molecule has 0 bridgehead atoms. The van der Waals surface area contributed by atoms with Gasteiger partial charge in [-0.2, -0.15) is 5.10 Å². The van der Waals surface area contributed by atoms with Gasteiger partial charge in [0.15, 0.2) is 0 Å². The topological polar surface area (TPSA) is 69.3 Å². The maximum Gasteiger partial charge on any atom is 0.253 e. The summed E-state index contributed by atoms with van der Waals surface area (Å²) in [6.45, 7) is 5.02. The monoisotopic (exact) mass is 416 g/mol. The second kappa shape index (κ2) is 8.17. The highest BCUT2D eigenvalue weighted by atomic mass is 16.2. The molecule has 31 heavy (non-hydrogen) atoms. The number of aromatic nitrogens is 2. The first kappa shape index (κ1) is 19.8. The lowest BCUT2D eigenvalue weighted by Gasteiger charge is -2.25. The van der Waals surface area contributed by atoms with Crippen molar-refractivity contribution in [2.75, 3.05) is 26.2 Å². The third-order valence-corrected chi connectivity index (χ3v) is 6.58. The Balaban J connectivity index is 1.24. The van der Waals surface area contributed by atoms with Crippen LogP contribution in [0.3, 0.4) is 0 Å². The van der Waals surface area contributed by atoms with Gasteiger partial charge < -0.3 is 9.80 Å². The van der Waals surface area contributed by atoms with E-state index in [1.807, 2.05) is 53.3 Å². The van der Waals surface area contributed by atoms with Crippen molar-refractivity contribution in [3.8, 4) is 11.1 Å². The Morgan fingerprint density at radius 1 is 1.10 bits per heavy atom. The largest absolute Gasteiger partial charge is 0.342 e. The molecule has 2 aromatic carbocycles. The van der Waals surface area contributed by atoms with Crippen LogP contribution < -0.4 is 0 Å². The number of aromatic amines is 1. The summed E-state index contributed by atoms with van der Waals surface area (Å²) >= 11 is 0. The number of H-pyrrole nitrogens is 1. The number of nitrogens with zero attached hydrogens (tertiary/aromatic N) is 3. The number of likely N-dealkylation sites (tertiary alicyclic amines) is 1. The van der Waals surface area contributed by atoms with Crippen molar-refractivity contribution in [3.63, 3.8) is 0 Å². The summed E-state index contributed by atoms with van der Waals surface area (Å²) in [5.41, 5.74) is 3.87. The van der Waals surface area contributed by atoms with Crippen LogP contribution in [0.25, 0.3) is 22.0 Å². The predicted molar refractivity (Wildman–Crippen MR) is 121 cm³/mol. The number of rotatable bonds is 6. The summed E-state index contributed by atoms with van der Waals surface area (Å²) < 4.78 is 0. The SMILES string of the molecule is CCN(C[C@@H]1CCN(C(=O)C2CC2)C1)C(=O)c1ccc(-c2ccc3cn[nH]c3c2)cc1. The molecule has 6 heteroatoms. The standard InChI is InChI=1S/C25H28N4O2/c1-2-28(15-17-11-12-29(16-17)25(31)20-7-8-20)24(30)19-5-3-18(4-6-19)21-9-10-22-14-26-27-23(22)13-21/h3-6,9-10,13-14,17,20H,2,7-8,11-12,15-16H2,1H3,(H,26,27)/t17-/m0/s1. The van der Waals surface area contributed by atoms with Gasteiger partial charge in [0.1, 0.15) is 0 Å². The van der Waals surface area contributed by atoms with E-state index >= 15 is 0 Å². The number of nitrogens with one attached hydrogen (secondary N) is 1. The first-order chi connectivity index (χ1) is 15.1. The Morgan fingerprint density at radius 3 is 2.61 bits per heavy atom. The van der Waals surface area contributed by atoms with Gasteiger partial charge in [-0.15, -0.1) is 0 Å². The number of carbonyl (C=O) groups is 2. The van der Waals surface area contributed by atoms with Gasteiger partial charge in [0.05, 0.1) is 11.7 Å². The van der Waals surface area contributed by atoms with Crippen LogP contribution in [0.2, 0.25) is 0 Å². The van der Waals surface area contributed by atoms with Crippen LogP contribution in [0.4, 0.5) is 0 Å². The van der Waals surface area contributed by atoms with Gasteiger partial charge in [0.25, 0.3) is 5.91 Å². The Labute approximate surface area is 182 Å². The van der Waals surface area contributed by atoms with Crippen LogP contribution in [0.1, 0.15) is 36.5 Å². The zero-order chi connectivity index (χ0) is 21.4. The van der Waals surface area contributed by atoms with E-state index in [0.29, 0.717) is 30.5 Å². The van der Waals surface area contributed by atoms with Crippen molar-refractivity contribution in [1.29, 1.82) is 0 Å². The number of benzene rings is 2. The van der Waals surface area contributed by atoms with E-state index in [9.17, 15) is 9.59 Å². The van der Waals surface area contributed by atoms with Gasteiger partial charge in [0, 0.05) is 43.0 Å². The molecule has 2 amide bonds. The van der Waals surface area contributed by atoms with Gasteiger partial charge in [-0.3, -0.25) is 14.7 Å². The summed E-state index contributed by atoms with van der Waals surface area (Å²) in [5.74, 6) is 1.02. The third-order valence-electron chi connectivity index (χ3n) is 6.58. The van der Waals surface area contributed by atoms with Gasteiger partial charge in [-0.25, -0.2) is 0 Å². The molecule has 0 unspecified atom stereocenters. The molecule has 3 aromatic rings. The Morgan fingerprint density at radius 2 is 1.87 bits per heavy atom. The lowest BCUT2D eigenvalue weighted by molar-refractivity contribution is -0.131. The number of carbonyl (C=O) groups excluding carboxylic acids is 2. The molecule has 0 spiro atoms. The highest BCUT2D eigenvalue weighted by Gasteiger charge is 2.37. The van der Waals surface area contributed by atoms with E-state index in [2.05, 4.69) is 22.3 Å². The van der Waals surface area contributed by atoms with Gasteiger partial charge in [0.2, 0.25) is 5.91 Å². The van der Waals surface area contributed by atoms with Crippen molar-refractivity contribution in [2.24, 2.45) is 11.8 Å². The smallest absolute Gasteiger partial charge is 0.253 e. The highest BCUT2D eigenvalue weighted by Crippen LogP contribution is 2.33. The van der Waals surface area contributed by atoms with E-state index in [4.69, 9.17) is 0 Å². The lowest BCUT2D eigenvalue weighted by atomic mass is 10.0. The molecule has 1 atom stereocenters. The molecule has 2 heterocycles. The molecular formula is C25H28N4O2. The summed E-state index contributed by atoms with van der Waals surface area (Å²) in [4.78, 5) is 29.4. The molecule has 1 N–H and O–H groups in total. The van der Waals surface area contributed by atoms with Crippen molar-refractivity contribution >= 4 is 22.7 Å². The minimum Gasteiger partial charge on any atom is -0.342 e. The highest BCUT2D eigenvalue weighted by molar-refractivity contribution is 5.95. The first-order valence-electron chi connectivity index (χ1n) is 11.2. The number of amides is 2. The quantitative estimate of drug-likeness (QED) is 0.662. The number of hydrogen-bond donors (Lipinski definition) is 1. The molecule has 1 aromatic heterocycles. The fraction of sp³-hybridized carbons (Fsp3) is 0.400. The van der Waals surface area contributed by atoms with Gasteiger partial charge >= 0.3 is 0 Å². The normalized spacial score (nSPS) is 18.5. The summed E-state index contributed by atoms with van der Waals surface area (Å²) in [7, 11) is 0. The first-order valence-corrected chi connectivity index (χ1v) is 11.2.